The Kier molecular flexibility index (Phi) is 6.13. The SMILES string of the molecule is CCC1CN(Cc2ccn(S(=O)(=O)c3ccc(F)cc3)c(=O)c2O)CCN1C(=O)O. The maximum absolute atomic E-state index is 13.1. The van der Waals surface area contributed by atoms with Gasteiger partial charge in [0.25, 0.3) is 10.0 Å². The van der Waals surface area contributed by atoms with Gasteiger partial charge in [-0.05, 0) is 36.8 Å². The second-order valence-electron chi connectivity index (χ2n) is 7.02. The zero-order valence-corrected chi connectivity index (χ0v) is 17.0. The molecule has 1 aliphatic rings. The Labute approximate surface area is 172 Å². The first-order valence-electron chi connectivity index (χ1n) is 9.31. The van der Waals surface area contributed by atoms with Crippen LogP contribution in [-0.2, 0) is 16.6 Å². The predicted octanol–water partition coefficient (Wildman–Crippen LogP) is 1.50. The molecule has 2 N–H and O–H groups in total. The van der Waals surface area contributed by atoms with E-state index in [0.29, 0.717) is 30.0 Å². The highest BCUT2D eigenvalue weighted by molar-refractivity contribution is 7.90. The zero-order valence-electron chi connectivity index (χ0n) is 16.2. The molecule has 0 bridgehead atoms. The molecule has 1 aromatic heterocycles. The van der Waals surface area contributed by atoms with Crippen LogP contribution in [0.1, 0.15) is 18.9 Å². The van der Waals surface area contributed by atoms with E-state index in [9.17, 15) is 32.6 Å². The van der Waals surface area contributed by atoms with Crippen LogP contribution in [0.5, 0.6) is 5.75 Å². The lowest BCUT2D eigenvalue weighted by Crippen LogP contribution is -2.54. The van der Waals surface area contributed by atoms with Gasteiger partial charge in [0.05, 0.1) is 4.90 Å². The van der Waals surface area contributed by atoms with Gasteiger partial charge in [-0.15, -0.1) is 0 Å². The summed E-state index contributed by atoms with van der Waals surface area (Å²) in [5, 5.41) is 19.6. The van der Waals surface area contributed by atoms with Gasteiger partial charge < -0.3 is 15.1 Å². The van der Waals surface area contributed by atoms with Crippen LogP contribution < -0.4 is 5.56 Å². The first-order chi connectivity index (χ1) is 14.1. The van der Waals surface area contributed by atoms with Gasteiger partial charge in [-0.3, -0.25) is 9.69 Å². The standard InChI is InChI=1S/C19H22FN3O6S/c1-2-15-12-21(9-10-22(15)19(26)27)11-13-7-8-23(18(25)17(13)24)30(28,29)16-5-3-14(20)4-6-16/h3-8,15,24H,2,9-12H2,1H3,(H,26,27). The van der Waals surface area contributed by atoms with E-state index in [1.807, 2.05) is 11.8 Å². The number of nitrogens with zero attached hydrogens (tertiary/aromatic N) is 3. The van der Waals surface area contributed by atoms with Crippen LogP contribution >= 0.6 is 0 Å². The maximum Gasteiger partial charge on any atom is 0.407 e. The molecule has 2 heterocycles. The number of piperazine rings is 1. The second kappa shape index (κ2) is 8.44. The van der Waals surface area contributed by atoms with Crippen molar-refractivity contribution >= 4 is 16.1 Å². The predicted molar refractivity (Wildman–Crippen MR) is 105 cm³/mol. The highest BCUT2D eigenvalue weighted by atomic mass is 32.2. The number of halogens is 1. The summed E-state index contributed by atoms with van der Waals surface area (Å²) in [6.45, 7) is 3.19. The van der Waals surface area contributed by atoms with Gasteiger partial charge in [-0.1, -0.05) is 6.92 Å². The van der Waals surface area contributed by atoms with E-state index in [1.165, 1.54) is 11.0 Å². The Balaban J connectivity index is 1.84. The average molecular weight is 439 g/mol. The molecular weight excluding hydrogens is 417 g/mol. The van der Waals surface area contributed by atoms with Gasteiger partial charge in [0.15, 0.2) is 5.75 Å². The third-order valence-electron chi connectivity index (χ3n) is 5.17. The molecule has 9 nitrogen and oxygen atoms in total. The number of carbonyl (C=O) groups is 1. The average Bonchev–Trinajstić information content (AvgIpc) is 2.71. The molecule has 0 spiro atoms. The monoisotopic (exact) mass is 439 g/mol. The summed E-state index contributed by atoms with van der Waals surface area (Å²) >= 11 is 0. The lowest BCUT2D eigenvalue weighted by Gasteiger charge is -2.39. The van der Waals surface area contributed by atoms with Crippen LogP contribution in [-0.4, -0.2) is 64.2 Å². The van der Waals surface area contributed by atoms with Crippen LogP contribution in [0.15, 0.2) is 46.2 Å². The molecule has 1 unspecified atom stereocenters. The van der Waals surface area contributed by atoms with Gasteiger partial charge in [0.2, 0.25) is 0 Å². The Morgan fingerprint density at radius 2 is 1.87 bits per heavy atom. The summed E-state index contributed by atoms with van der Waals surface area (Å²) in [4.78, 5) is 26.8. The normalized spacial score (nSPS) is 17.8. The van der Waals surface area contributed by atoms with Crippen LogP contribution in [0.4, 0.5) is 9.18 Å². The molecule has 1 amide bonds. The van der Waals surface area contributed by atoms with E-state index in [1.54, 1.807) is 0 Å². The molecule has 3 rings (SSSR count). The van der Waals surface area contributed by atoms with Crippen LogP contribution in [0.25, 0.3) is 0 Å². The molecule has 2 aromatic rings. The fourth-order valence-corrected chi connectivity index (χ4v) is 4.72. The topological polar surface area (TPSA) is 120 Å². The first kappa shape index (κ1) is 21.8. The number of amides is 1. The van der Waals surface area contributed by atoms with Crippen molar-refractivity contribution in [1.29, 1.82) is 0 Å². The largest absolute Gasteiger partial charge is 0.503 e. The molecule has 0 radical (unpaired) electrons. The zero-order chi connectivity index (χ0) is 22.1. The number of carboxylic acid groups (broad SMARTS) is 1. The molecule has 1 aromatic carbocycles. The molecule has 11 heteroatoms. The molecule has 162 valence electrons. The van der Waals surface area contributed by atoms with Crippen molar-refractivity contribution in [1.82, 2.24) is 13.8 Å². The Morgan fingerprint density at radius 3 is 2.47 bits per heavy atom. The summed E-state index contributed by atoms with van der Waals surface area (Å²) in [7, 11) is -4.30. The number of rotatable bonds is 5. The summed E-state index contributed by atoms with van der Waals surface area (Å²) in [5.74, 6) is -1.32. The molecule has 1 atom stereocenters. The molecular formula is C19H22FN3O6S. The summed E-state index contributed by atoms with van der Waals surface area (Å²) < 4.78 is 38.8. The van der Waals surface area contributed by atoms with Gasteiger partial charge >= 0.3 is 11.7 Å². The van der Waals surface area contributed by atoms with Crippen molar-refractivity contribution in [2.24, 2.45) is 0 Å². The van der Waals surface area contributed by atoms with Crippen molar-refractivity contribution in [3.8, 4) is 5.75 Å². The number of benzene rings is 1. The van der Waals surface area contributed by atoms with Crippen molar-refractivity contribution < 1.29 is 27.8 Å². The minimum absolute atomic E-state index is 0.169. The molecule has 1 saturated heterocycles. The Hall–Kier alpha value is -2.92. The van der Waals surface area contributed by atoms with Crippen molar-refractivity contribution in [2.45, 2.75) is 30.8 Å². The van der Waals surface area contributed by atoms with Gasteiger partial charge in [-0.25, -0.2) is 21.6 Å². The van der Waals surface area contributed by atoms with E-state index in [0.717, 1.165) is 30.5 Å². The van der Waals surface area contributed by atoms with Crippen molar-refractivity contribution in [2.75, 3.05) is 19.6 Å². The quantitative estimate of drug-likeness (QED) is 0.724. The van der Waals surface area contributed by atoms with E-state index in [4.69, 9.17) is 0 Å². The molecule has 30 heavy (non-hydrogen) atoms. The lowest BCUT2D eigenvalue weighted by molar-refractivity contribution is 0.0626. The summed E-state index contributed by atoms with van der Waals surface area (Å²) in [5.41, 5.74) is -0.864. The number of aromatic nitrogens is 1. The fourth-order valence-electron chi connectivity index (χ4n) is 3.49. The van der Waals surface area contributed by atoms with E-state index < -0.39 is 33.2 Å². The third kappa shape index (κ3) is 4.17. The van der Waals surface area contributed by atoms with E-state index in [-0.39, 0.29) is 23.0 Å². The van der Waals surface area contributed by atoms with Crippen LogP contribution in [0, 0.1) is 5.82 Å². The van der Waals surface area contributed by atoms with Crippen molar-refractivity contribution in [3.63, 3.8) is 0 Å². The van der Waals surface area contributed by atoms with Crippen LogP contribution in [0.3, 0.4) is 0 Å². The molecule has 1 aliphatic heterocycles. The third-order valence-corrected chi connectivity index (χ3v) is 6.84. The second-order valence-corrected chi connectivity index (χ2v) is 8.84. The van der Waals surface area contributed by atoms with E-state index >= 15 is 0 Å². The number of hydrogen-bond donors (Lipinski definition) is 2. The highest BCUT2D eigenvalue weighted by Crippen LogP contribution is 2.20. The summed E-state index contributed by atoms with van der Waals surface area (Å²) in [6.07, 6.45) is 0.686. The minimum Gasteiger partial charge on any atom is -0.503 e. The molecule has 0 aliphatic carbocycles. The van der Waals surface area contributed by atoms with Gasteiger partial charge in [0.1, 0.15) is 5.82 Å². The van der Waals surface area contributed by atoms with Gasteiger partial charge in [-0.2, -0.15) is 0 Å². The van der Waals surface area contributed by atoms with Gasteiger partial charge in [0, 0.05) is 44.0 Å². The summed E-state index contributed by atoms with van der Waals surface area (Å²) in [6, 6.07) is 5.13. The lowest BCUT2D eigenvalue weighted by atomic mass is 10.1. The highest BCUT2D eigenvalue weighted by Gasteiger charge is 2.30. The van der Waals surface area contributed by atoms with Crippen LogP contribution in [0.2, 0.25) is 0 Å². The number of pyridine rings is 1. The smallest absolute Gasteiger partial charge is 0.407 e. The molecule has 0 saturated carbocycles. The molecule has 1 fully saturated rings. The maximum atomic E-state index is 13.1. The Morgan fingerprint density at radius 1 is 1.20 bits per heavy atom. The van der Waals surface area contributed by atoms with E-state index in [2.05, 4.69) is 0 Å². The number of aromatic hydroxyl groups is 1. The Bertz CT molecular complexity index is 1100. The number of hydrogen-bond acceptors (Lipinski definition) is 6. The first-order valence-corrected chi connectivity index (χ1v) is 10.8. The minimum atomic E-state index is -4.30. The van der Waals surface area contributed by atoms with Crippen molar-refractivity contribution in [3.05, 3.63) is 58.3 Å². The fraction of sp³-hybridized carbons (Fsp3) is 0.368.